The van der Waals surface area contributed by atoms with Crippen molar-refractivity contribution in [3.05, 3.63) is 29.3 Å². The minimum Gasteiger partial charge on any atom is -0.361 e. The Bertz CT molecular complexity index is 526. The Hall–Kier alpha value is -1.16. The van der Waals surface area contributed by atoms with Gasteiger partial charge in [-0.25, -0.2) is 8.78 Å². The summed E-state index contributed by atoms with van der Waals surface area (Å²) in [4.78, 5) is 1.97. The highest BCUT2D eigenvalue weighted by atomic mass is 19.1. The zero-order valence-electron chi connectivity index (χ0n) is 13.0. The van der Waals surface area contributed by atoms with Gasteiger partial charge in [0.1, 0.15) is 11.5 Å². The largest absolute Gasteiger partial charge is 0.361 e. The molecule has 2 fully saturated rings. The maximum Gasteiger partial charge on any atom is 0.152 e. The lowest BCUT2D eigenvalue weighted by Gasteiger charge is -2.44. The highest BCUT2D eigenvalue weighted by molar-refractivity contribution is 5.53. The van der Waals surface area contributed by atoms with E-state index in [-0.39, 0.29) is 11.7 Å². The summed E-state index contributed by atoms with van der Waals surface area (Å²) < 4.78 is 28.8. The van der Waals surface area contributed by atoms with Gasteiger partial charge in [0.2, 0.25) is 0 Å². The van der Waals surface area contributed by atoms with Crippen LogP contribution >= 0.6 is 0 Å². The Morgan fingerprint density at radius 1 is 1.24 bits per heavy atom. The van der Waals surface area contributed by atoms with Gasteiger partial charge < -0.3 is 10.2 Å². The second kappa shape index (κ2) is 5.56. The Balaban J connectivity index is 1.96. The third-order valence-corrected chi connectivity index (χ3v) is 4.89. The molecule has 1 aliphatic heterocycles. The van der Waals surface area contributed by atoms with Crippen LogP contribution in [0, 0.1) is 30.4 Å². The van der Waals surface area contributed by atoms with E-state index in [2.05, 4.69) is 19.2 Å². The predicted molar refractivity (Wildman–Crippen MR) is 81.6 cm³/mol. The van der Waals surface area contributed by atoms with Gasteiger partial charge in [0.15, 0.2) is 5.82 Å². The lowest BCUT2D eigenvalue weighted by Crippen LogP contribution is -2.59. The van der Waals surface area contributed by atoms with E-state index in [1.54, 1.807) is 6.92 Å². The first-order valence-electron chi connectivity index (χ1n) is 7.93. The summed E-state index contributed by atoms with van der Waals surface area (Å²) in [5.74, 6) is 0.172. The maximum absolute atomic E-state index is 14.5. The van der Waals surface area contributed by atoms with Gasteiger partial charge in [-0.3, -0.25) is 0 Å². The van der Waals surface area contributed by atoms with Crippen LogP contribution in [-0.2, 0) is 0 Å². The monoisotopic (exact) mass is 294 g/mol. The van der Waals surface area contributed by atoms with Gasteiger partial charge in [0.05, 0.1) is 0 Å². The van der Waals surface area contributed by atoms with Crippen molar-refractivity contribution in [2.24, 2.45) is 11.8 Å². The van der Waals surface area contributed by atoms with Crippen molar-refractivity contribution in [1.29, 1.82) is 0 Å². The molecule has 21 heavy (non-hydrogen) atoms. The summed E-state index contributed by atoms with van der Waals surface area (Å²) in [6.07, 6.45) is 2.47. The normalized spacial score (nSPS) is 26.5. The molecule has 1 aromatic carbocycles. The van der Waals surface area contributed by atoms with Gasteiger partial charge in [0, 0.05) is 25.2 Å². The van der Waals surface area contributed by atoms with E-state index in [0.717, 1.165) is 6.54 Å². The predicted octanol–water partition coefficient (Wildman–Crippen LogP) is 3.49. The van der Waals surface area contributed by atoms with Crippen molar-refractivity contribution in [3.8, 4) is 0 Å². The summed E-state index contributed by atoms with van der Waals surface area (Å²) in [6.45, 7) is 7.42. The lowest BCUT2D eigenvalue weighted by atomic mass is 9.95. The molecule has 116 valence electrons. The molecule has 0 radical (unpaired) electrons. The molecule has 1 aliphatic carbocycles. The molecule has 0 bridgehead atoms. The number of nitrogens with one attached hydrogen (secondary N) is 1. The van der Waals surface area contributed by atoms with Crippen molar-refractivity contribution in [3.63, 3.8) is 0 Å². The number of piperazine rings is 1. The third-order valence-electron chi connectivity index (χ3n) is 4.89. The molecule has 1 N–H and O–H groups in total. The van der Waals surface area contributed by atoms with E-state index < -0.39 is 11.6 Å². The van der Waals surface area contributed by atoms with Crippen LogP contribution in [0.1, 0.15) is 32.3 Å². The molecule has 2 nitrogen and oxygen atoms in total. The number of anilines is 1. The number of halogens is 2. The molecular formula is C17H24F2N2. The minimum absolute atomic E-state index is 0.130. The van der Waals surface area contributed by atoms with Crippen LogP contribution in [0.2, 0.25) is 0 Å². The van der Waals surface area contributed by atoms with Crippen LogP contribution in [0.15, 0.2) is 12.1 Å². The van der Waals surface area contributed by atoms with E-state index in [1.807, 2.05) is 4.90 Å². The molecule has 2 unspecified atom stereocenters. The Kier molecular flexibility index (Phi) is 3.91. The summed E-state index contributed by atoms with van der Waals surface area (Å²) in [5.41, 5.74) is 0.677. The maximum atomic E-state index is 14.5. The number of rotatable bonds is 3. The summed E-state index contributed by atoms with van der Waals surface area (Å²) in [7, 11) is 0. The first-order chi connectivity index (χ1) is 9.99. The quantitative estimate of drug-likeness (QED) is 0.918. The Morgan fingerprint density at radius 2 is 1.95 bits per heavy atom. The van der Waals surface area contributed by atoms with Gasteiger partial charge in [-0.15, -0.1) is 0 Å². The SMILES string of the molecule is Cc1ccc(F)c(N2CC(C3CC3)NCC2C(C)C)c1F. The van der Waals surface area contributed by atoms with Crippen molar-refractivity contribution < 1.29 is 8.78 Å². The second-order valence-corrected chi connectivity index (χ2v) is 6.84. The lowest BCUT2D eigenvalue weighted by molar-refractivity contribution is 0.315. The molecule has 2 aliphatic rings. The molecule has 3 rings (SSSR count). The van der Waals surface area contributed by atoms with E-state index in [9.17, 15) is 8.78 Å². The number of hydrogen-bond donors (Lipinski definition) is 1. The molecule has 0 spiro atoms. The van der Waals surface area contributed by atoms with Gasteiger partial charge in [-0.1, -0.05) is 19.9 Å². The average molecular weight is 294 g/mol. The topological polar surface area (TPSA) is 15.3 Å². The van der Waals surface area contributed by atoms with Gasteiger partial charge in [-0.05, 0) is 43.2 Å². The van der Waals surface area contributed by atoms with Crippen LogP contribution in [0.3, 0.4) is 0 Å². The summed E-state index contributed by atoms with van der Waals surface area (Å²) >= 11 is 0. The van der Waals surface area contributed by atoms with Crippen molar-refractivity contribution >= 4 is 5.69 Å². The zero-order valence-corrected chi connectivity index (χ0v) is 13.0. The van der Waals surface area contributed by atoms with E-state index in [4.69, 9.17) is 0 Å². The fraction of sp³-hybridized carbons (Fsp3) is 0.647. The van der Waals surface area contributed by atoms with Crippen molar-refractivity contribution in [2.45, 2.75) is 45.7 Å². The van der Waals surface area contributed by atoms with Gasteiger partial charge in [-0.2, -0.15) is 0 Å². The molecule has 0 amide bonds. The Labute approximate surface area is 125 Å². The third kappa shape index (κ3) is 2.78. The van der Waals surface area contributed by atoms with Crippen LogP contribution in [-0.4, -0.2) is 25.2 Å². The van der Waals surface area contributed by atoms with Crippen molar-refractivity contribution in [2.75, 3.05) is 18.0 Å². The second-order valence-electron chi connectivity index (χ2n) is 6.84. The van der Waals surface area contributed by atoms with Crippen LogP contribution in [0.5, 0.6) is 0 Å². The molecule has 1 aromatic rings. The smallest absolute Gasteiger partial charge is 0.152 e. The molecule has 1 saturated heterocycles. The minimum atomic E-state index is -0.444. The average Bonchev–Trinajstić information content (AvgIpc) is 3.27. The van der Waals surface area contributed by atoms with Crippen LogP contribution < -0.4 is 10.2 Å². The number of nitrogens with zero attached hydrogens (tertiary/aromatic N) is 1. The molecule has 0 aromatic heterocycles. The number of hydrogen-bond acceptors (Lipinski definition) is 2. The first kappa shape index (κ1) is 14.8. The standard InChI is InChI=1S/C17H24F2N2/c1-10(2)15-8-20-14(12-5-6-12)9-21(15)17-13(18)7-4-11(3)16(17)19/h4,7,10,12,14-15,20H,5-6,8-9H2,1-3H3. The van der Waals surface area contributed by atoms with Gasteiger partial charge in [0.25, 0.3) is 0 Å². The number of aryl methyl sites for hydroxylation is 1. The van der Waals surface area contributed by atoms with E-state index in [0.29, 0.717) is 30.0 Å². The fourth-order valence-electron chi connectivity index (χ4n) is 3.37. The molecule has 1 saturated carbocycles. The summed E-state index contributed by atoms with van der Waals surface area (Å²) in [5, 5.41) is 3.58. The highest BCUT2D eigenvalue weighted by Gasteiger charge is 2.39. The molecule has 2 atom stereocenters. The van der Waals surface area contributed by atoms with Gasteiger partial charge >= 0.3 is 0 Å². The van der Waals surface area contributed by atoms with E-state index in [1.165, 1.54) is 25.0 Å². The van der Waals surface area contributed by atoms with Crippen LogP contribution in [0.4, 0.5) is 14.5 Å². The summed E-state index contributed by atoms with van der Waals surface area (Å²) in [6, 6.07) is 3.39. The highest BCUT2D eigenvalue weighted by Crippen LogP contribution is 2.37. The molecule has 1 heterocycles. The molecular weight excluding hydrogens is 270 g/mol. The molecule has 4 heteroatoms. The van der Waals surface area contributed by atoms with E-state index >= 15 is 0 Å². The Morgan fingerprint density at radius 3 is 2.57 bits per heavy atom. The van der Waals surface area contributed by atoms with Crippen molar-refractivity contribution in [1.82, 2.24) is 5.32 Å². The fourth-order valence-corrected chi connectivity index (χ4v) is 3.37. The first-order valence-corrected chi connectivity index (χ1v) is 7.93. The zero-order chi connectivity index (χ0) is 15.1. The number of benzene rings is 1. The van der Waals surface area contributed by atoms with Crippen LogP contribution in [0.25, 0.3) is 0 Å².